The van der Waals surface area contributed by atoms with Crippen LogP contribution in [0.1, 0.15) is 11.8 Å². The molecule has 0 amide bonds. The Kier molecular flexibility index (Phi) is 5.35. The lowest BCUT2D eigenvalue weighted by molar-refractivity contribution is -0.144. The van der Waals surface area contributed by atoms with E-state index in [1.807, 2.05) is 24.3 Å². The van der Waals surface area contributed by atoms with Gasteiger partial charge in [0.2, 0.25) is 0 Å². The number of allylic oxidation sites excluding steroid dienone is 1. The van der Waals surface area contributed by atoms with Gasteiger partial charge in [-0.05, 0) is 23.0 Å². The van der Waals surface area contributed by atoms with Crippen molar-refractivity contribution in [1.82, 2.24) is 0 Å². The molecule has 0 aliphatic rings. The van der Waals surface area contributed by atoms with Crippen molar-refractivity contribution in [3.8, 4) is 0 Å². The molecule has 1 heterocycles. The summed E-state index contributed by atoms with van der Waals surface area (Å²) in [5.41, 5.74) is 0. The molecule has 1 aromatic heterocycles. The topological polar surface area (TPSA) is 26.3 Å². The third-order valence-corrected chi connectivity index (χ3v) is 8.79. The van der Waals surface area contributed by atoms with Gasteiger partial charge in [-0.2, -0.15) is 11.3 Å². The Morgan fingerprint density at radius 2 is 2.22 bits per heavy atom. The molecule has 18 heavy (non-hydrogen) atoms. The molecule has 0 aliphatic carbocycles. The first-order chi connectivity index (χ1) is 8.40. The van der Waals surface area contributed by atoms with Gasteiger partial charge in [-0.1, -0.05) is 32.2 Å². The van der Waals surface area contributed by atoms with E-state index in [1.165, 1.54) is 16.5 Å². The van der Waals surface area contributed by atoms with E-state index in [4.69, 9.17) is 4.74 Å². The van der Waals surface area contributed by atoms with Gasteiger partial charge in [0.15, 0.2) is 0 Å². The second-order valence-electron chi connectivity index (χ2n) is 5.27. The van der Waals surface area contributed by atoms with Gasteiger partial charge in [-0.3, -0.25) is 4.79 Å². The van der Waals surface area contributed by atoms with Crippen molar-refractivity contribution >= 4 is 29.9 Å². The normalized spacial score (nSPS) is 13.1. The maximum atomic E-state index is 11.4. The largest absolute Gasteiger partial charge is 0.469 e. The summed E-state index contributed by atoms with van der Waals surface area (Å²) >= 11 is 1.84. The highest BCUT2D eigenvalue weighted by atomic mass is 32.1. The molecule has 2 nitrogen and oxygen atoms in total. The standard InChI is InChI=1S/C14H22O2SSi/c1-6-9-18(4,5)13-8-7-12(17-13)10-11(2)14(15)16-3/h6-8,11H,1,9-10H2,2-5H3/t11-/m0/s1. The lowest BCUT2D eigenvalue weighted by Gasteiger charge is -2.18. The molecule has 0 unspecified atom stereocenters. The molecule has 0 aromatic carbocycles. The summed E-state index contributed by atoms with van der Waals surface area (Å²) in [6.07, 6.45) is 2.79. The molecule has 0 saturated carbocycles. The monoisotopic (exact) mass is 282 g/mol. The average Bonchev–Trinajstić information content (AvgIpc) is 2.77. The van der Waals surface area contributed by atoms with E-state index in [0.717, 1.165) is 12.5 Å². The summed E-state index contributed by atoms with van der Waals surface area (Å²) in [6.45, 7) is 10.5. The third kappa shape index (κ3) is 3.82. The molecule has 0 saturated heterocycles. The second-order valence-corrected chi connectivity index (χ2v) is 11.5. The summed E-state index contributed by atoms with van der Waals surface area (Å²) in [7, 11) is 0.0824. The van der Waals surface area contributed by atoms with Crippen LogP contribution in [0.4, 0.5) is 0 Å². The number of esters is 1. The molecular weight excluding hydrogens is 260 g/mol. The van der Waals surface area contributed by atoms with Gasteiger partial charge >= 0.3 is 5.97 Å². The van der Waals surface area contributed by atoms with Crippen molar-refractivity contribution in [1.29, 1.82) is 0 Å². The van der Waals surface area contributed by atoms with Crippen LogP contribution in [0.25, 0.3) is 0 Å². The highest BCUT2D eigenvalue weighted by Crippen LogP contribution is 2.20. The van der Waals surface area contributed by atoms with Crippen molar-refractivity contribution in [3.63, 3.8) is 0 Å². The summed E-state index contributed by atoms with van der Waals surface area (Å²) < 4.78 is 6.24. The van der Waals surface area contributed by atoms with Crippen LogP contribution >= 0.6 is 11.3 Å². The Balaban J connectivity index is 2.75. The van der Waals surface area contributed by atoms with Crippen LogP contribution in [0.2, 0.25) is 19.1 Å². The lowest BCUT2D eigenvalue weighted by atomic mass is 10.1. The van der Waals surface area contributed by atoms with Gasteiger partial charge in [0.25, 0.3) is 0 Å². The Bertz CT molecular complexity index is 423. The van der Waals surface area contributed by atoms with Crippen LogP contribution in [0.3, 0.4) is 0 Å². The highest BCUT2D eigenvalue weighted by molar-refractivity contribution is 7.26. The zero-order chi connectivity index (χ0) is 13.8. The lowest BCUT2D eigenvalue weighted by Crippen LogP contribution is -2.38. The van der Waals surface area contributed by atoms with E-state index < -0.39 is 8.07 Å². The molecule has 0 fully saturated rings. The number of rotatable bonds is 6. The van der Waals surface area contributed by atoms with E-state index in [1.54, 1.807) is 0 Å². The maximum Gasteiger partial charge on any atom is 0.308 e. The van der Waals surface area contributed by atoms with Crippen molar-refractivity contribution in [2.75, 3.05) is 7.11 Å². The van der Waals surface area contributed by atoms with Crippen molar-refractivity contribution < 1.29 is 9.53 Å². The third-order valence-electron chi connectivity index (χ3n) is 3.09. The van der Waals surface area contributed by atoms with Crippen LogP contribution in [0.5, 0.6) is 0 Å². The molecule has 0 N–H and O–H groups in total. The number of hydrogen-bond acceptors (Lipinski definition) is 3. The minimum Gasteiger partial charge on any atom is -0.469 e. The number of ether oxygens (including phenoxy) is 1. The molecule has 1 atom stereocenters. The molecule has 1 aromatic rings. The zero-order valence-electron chi connectivity index (χ0n) is 11.7. The van der Waals surface area contributed by atoms with Crippen LogP contribution in [-0.4, -0.2) is 21.2 Å². The number of thiophene rings is 1. The molecule has 4 heteroatoms. The minimum absolute atomic E-state index is 0.0642. The first kappa shape index (κ1) is 15.2. The van der Waals surface area contributed by atoms with Crippen molar-refractivity contribution in [2.45, 2.75) is 32.5 Å². The molecule has 0 radical (unpaired) electrons. The molecule has 0 bridgehead atoms. The fraction of sp³-hybridized carbons (Fsp3) is 0.500. The summed E-state index contributed by atoms with van der Waals surface area (Å²) in [5.74, 6) is -0.196. The van der Waals surface area contributed by atoms with E-state index in [0.29, 0.717) is 0 Å². The van der Waals surface area contributed by atoms with Crippen LogP contribution in [-0.2, 0) is 16.0 Å². The fourth-order valence-corrected chi connectivity index (χ4v) is 5.99. The molecular formula is C14H22O2SSi. The Morgan fingerprint density at radius 1 is 1.56 bits per heavy atom. The second kappa shape index (κ2) is 6.34. The summed E-state index contributed by atoms with van der Waals surface area (Å²) in [4.78, 5) is 12.7. The Labute approximate surface area is 115 Å². The predicted molar refractivity (Wildman–Crippen MR) is 81.3 cm³/mol. The number of methoxy groups -OCH3 is 1. The molecule has 1 rings (SSSR count). The SMILES string of the molecule is C=CC[Si](C)(C)c1ccc(C[C@H](C)C(=O)OC)s1. The van der Waals surface area contributed by atoms with Gasteiger partial charge in [-0.25, -0.2) is 0 Å². The summed E-state index contributed by atoms with van der Waals surface area (Å²) in [6, 6.07) is 5.47. The van der Waals surface area contributed by atoms with Crippen molar-refractivity contribution in [2.24, 2.45) is 5.92 Å². The van der Waals surface area contributed by atoms with E-state index in [-0.39, 0.29) is 11.9 Å². The smallest absolute Gasteiger partial charge is 0.308 e. The minimum atomic E-state index is -1.36. The maximum absolute atomic E-state index is 11.4. The molecule has 100 valence electrons. The van der Waals surface area contributed by atoms with Crippen LogP contribution in [0.15, 0.2) is 24.8 Å². The Morgan fingerprint density at radius 3 is 2.78 bits per heavy atom. The van der Waals surface area contributed by atoms with Crippen LogP contribution < -0.4 is 4.50 Å². The van der Waals surface area contributed by atoms with E-state index in [9.17, 15) is 4.79 Å². The predicted octanol–water partition coefficient (Wildman–Crippen LogP) is 3.20. The quantitative estimate of drug-likeness (QED) is 0.455. The van der Waals surface area contributed by atoms with E-state index >= 15 is 0 Å². The Hall–Kier alpha value is -0.873. The van der Waals surface area contributed by atoms with Gasteiger partial charge in [0, 0.05) is 4.88 Å². The van der Waals surface area contributed by atoms with E-state index in [2.05, 4.69) is 31.8 Å². The summed E-state index contributed by atoms with van der Waals surface area (Å²) in [5, 5.41) is 0. The number of carbonyl (C=O) groups excluding carboxylic acids is 1. The first-order valence-electron chi connectivity index (χ1n) is 6.18. The van der Waals surface area contributed by atoms with Crippen molar-refractivity contribution in [3.05, 3.63) is 29.7 Å². The molecule has 0 aliphatic heterocycles. The number of hydrogen-bond donors (Lipinski definition) is 0. The van der Waals surface area contributed by atoms with Gasteiger partial charge in [-0.15, -0.1) is 6.58 Å². The highest BCUT2D eigenvalue weighted by Gasteiger charge is 2.24. The number of carbonyl (C=O) groups is 1. The van der Waals surface area contributed by atoms with Gasteiger partial charge < -0.3 is 4.74 Å². The fourth-order valence-electron chi connectivity index (χ4n) is 1.90. The van der Waals surface area contributed by atoms with Gasteiger partial charge in [0.1, 0.15) is 0 Å². The first-order valence-corrected chi connectivity index (χ1v) is 10.2. The average molecular weight is 282 g/mol. The van der Waals surface area contributed by atoms with Crippen LogP contribution in [0, 0.1) is 5.92 Å². The molecule has 0 spiro atoms. The zero-order valence-corrected chi connectivity index (χ0v) is 13.5. The van der Waals surface area contributed by atoms with Gasteiger partial charge in [0.05, 0.1) is 21.1 Å².